The quantitative estimate of drug-likeness (QED) is 0.822. The van der Waals surface area contributed by atoms with Crippen LogP contribution in [0.3, 0.4) is 0 Å². The number of aromatic hydroxyl groups is 1. The summed E-state index contributed by atoms with van der Waals surface area (Å²) >= 11 is 0. The van der Waals surface area contributed by atoms with E-state index < -0.39 is 0 Å². The topological polar surface area (TPSA) is 29.5 Å². The van der Waals surface area contributed by atoms with E-state index in [0.29, 0.717) is 11.5 Å². The van der Waals surface area contributed by atoms with Crippen LogP contribution in [0.15, 0.2) is 48.5 Å². The summed E-state index contributed by atoms with van der Waals surface area (Å²) in [6, 6.07) is 16.0. The van der Waals surface area contributed by atoms with Gasteiger partial charge in [0.15, 0.2) is 0 Å². The standard InChI is InChI=1S/C18H22O2/c1-3-4-10-16(14-8-6-5-7-9-14)17-12-11-15(20-2)13-18(17)19/h5-9,11-13,16,19H,3-4,10H2,1-2H3. The lowest BCUT2D eigenvalue weighted by Gasteiger charge is -2.19. The number of phenolic OH excluding ortho intramolecular Hbond substituents is 1. The van der Waals surface area contributed by atoms with Gasteiger partial charge in [0.1, 0.15) is 11.5 Å². The number of methoxy groups -OCH3 is 1. The molecule has 0 aliphatic heterocycles. The van der Waals surface area contributed by atoms with Gasteiger partial charge in [-0.2, -0.15) is 0 Å². The Balaban J connectivity index is 2.36. The molecule has 0 amide bonds. The summed E-state index contributed by atoms with van der Waals surface area (Å²) in [5, 5.41) is 10.3. The Morgan fingerprint density at radius 3 is 2.45 bits per heavy atom. The van der Waals surface area contributed by atoms with Crippen molar-refractivity contribution in [2.75, 3.05) is 7.11 Å². The molecule has 2 heteroatoms. The molecule has 0 radical (unpaired) electrons. The van der Waals surface area contributed by atoms with Crippen LogP contribution in [0.2, 0.25) is 0 Å². The average molecular weight is 270 g/mol. The van der Waals surface area contributed by atoms with Crippen molar-refractivity contribution in [3.63, 3.8) is 0 Å². The van der Waals surface area contributed by atoms with E-state index in [4.69, 9.17) is 4.74 Å². The average Bonchev–Trinajstić information content (AvgIpc) is 2.50. The molecular weight excluding hydrogens is 248 g/mol. The predicted molar refractivity (Wildman–Crippen MR) is 82.5 cm³/mol. The maximum Gasteiger partial charge on any atom is 0.123 e. The second-order valence-electron chi connectivity index (χ2n) is 5.03. The molecule has 2 aromatic carbocycles. The number of hydrogen-bond donors (Lipinski definition) is 1. The third kappa shape index (κ3) is 3.32. The highest BCUT2D eigenvalue weighted by Gasteiger charge is 2.17. The molecule has 0 saturated carbocycles. The molecule has 20 heavy (non-hydrogen) atoms. The molecule has 0 aliphatic rings. The van der Waals surface area contributed by atoms with Gasteiger partial charge in [0, 0.05) is 17.5 Å². The summed E-state index contributed by atoms with van der Waals surface area (Å²) in [6.45, 7) is 2.19. The molecule has 1 unspecified atom stereocenters. The summed E-state index contributed by atoms with van der Waals surface area (Å²) in [6.07, 6.45) is 3.34. The highest BCUT2D eigenvalue weighted by Crippen LogP contribution is 2.36. The fourth-order valence-corrected chi connectivity index (χ4v) is 2.54. The van der Waals surface area contributed by atoms with Gasteiger partial charge in [0.2, 0.25) is 0 Å². The predicted octanol–water partition coefficient (Wildman–Crippen LogP) is 4.72. The summed E-state index contributed by atoms with van der Waals surface area (Å²) in [5.74, 6) is 1.24. The number of hydrogen-bond acceptors (Lipinski definition) is 2. The fourth-order valence-electron chi connectivity index (χ4n) is 2.54. The van der Waals surface area contributed by atoms with E-state index >= 15 is 0 Å². The smallest absolute Gasteiger partial charge is 0.123 e. The molecule has 0 saturated heterocycles. The summed E-state index contributed by atoms with van der Waals surface area (Å²) in [4.78, 5) is 0. The lowest BCUT2D eigenvalue weighted by atomic mass is 9.86. The van der Waals surface area contributed by atoms with Crippen molar-refractivity contribution in [3.8, 4) is 11.5 Å². The number of phenols is 1. The third-order valence-corrected chi connectivity index (χ3v) is 3.66. The van der Waals surface area contributed by atoms with Gasteiger partial charge >= 0.3 is 0 Å². The number of unbranched alkanes of at least 4 members (excludes halogenated alkanes) is 1. The van der Waals surface area contributed by atoms with Crippen molar-refractivity contribution in [2.45, 2.75) is 32.1 Å². The monoisotopic (exact) mass is 270 g/mol. The Morgan fingerprint density at radius 1 is 1.10 bits per heavy atom. The first-order chi connectivity index (χ1) is 9.76. The van der Waals surface area contributed by atoms with E-state index in [1.807, 2.05) is 18.2 Å². The lowest BCUT2D eigenvalue weighted by molar-refractivity contribution is 0.405. The van der Waals surface area contributed by atoms with Gasteiger partial charge in [-0.3, -0.25) is 0 Å². The van der Waals surface area contributed by atoms with Crippen molar-refractivity contribution in [2.24, 2.45) is 0 Å². The molecule has 0 bridgehead atoms. The van der Waals surface area contributed by atoms with Gasteiger partial charge in [0.25, 0.3) is 0 Å². The molecule has 1 N–H and O–H groups in total. The molecular formula is C18H22O2. The van der Waals surface area contributed by atoms with Crippen LogP contribution in [0.4, 0.5) is 0 Å². The van der Waals surface area contributed by atoms with Gasteiger partial charge in [0.05, 0.1) is 7.11 Å². The number of benzene rings is 2. The minimum atomic E-state index is 0.238. The lowest BCUT2D eigenvalue weighted by Crippen LogP contribution is -2.02. The van der Waals surface area contributed by atoms with Gasteiger partial charge in [-0.25, -0.2) is 0 Å². The largest absolute Gasteiger partial charge is 0.508 e. The Kier molecular flexibility index (Phi) is 5.05. The van der Waals surface area contributed by atoms with E-state index in [1.54, 1.807) is 13.2 Å². The van der Waals surface area contributed by atoms with E-state index in [1.165, 1.54) is 5.56 Å². The Labute approximate surface area is 121 Å². The zero-order valence-corrected chi connectivity index (χ0v) is 12.2. The molecule has 0 fully saturated rings. The maximum absolute atomic E-state index is 10.3. The molecule has 1 atom stereocenters. The van der Waals surface area contributed by atoms with Crippen molar-refractivity contribution in [3.05, 3.63) is 59.7 Å². The van der Waals surface area contributed by atoms with Crippen LogP contribution in [0.1, 0.15) is 43.2 Å². The Bertz CT molecular complexity index is 534. The van der Waals surface area contributed by atoms with Crippen LogP contribution >= 0.6 is 0 Å². The fraction of sp³-hybridized carbons (Fsp3) is 0.333. The van der Waals surface area contributed by atoms with Crippen LogP contribution in [-0.4, -0.2) is 12.2 Å². The van der Waals surface area contributed by atoms with Gasteiger partial charge < -0.3 is 9.84 Å². The molecule has 0 heterocycles. The molecule has 2 nitrogen and oxygen atoms in total. The van der Waals surface area contributed by atoms with E-state index in [0.717, 1.165) is 24.8 Å². The molecule has 106 valence electrons. The van der Waals surface area contributed by atoms with Gasteiger partial charge in [-0.15, -0.1) is 0 Å². The van der Waals surface area contributed by atoms with Crippen LogP contribution in [0.5, 0.6) is 11.5 Å². The molecule has 0 spiro atoms. The molecule has 2 rings (SSSR count). The van der Waals surface area contributed by atoms with Crippen molar-refractivity contribution >= 4 is 0 Å². The molecule has 0 aromatic heterocycles. The van der Waals surface area contributed by atoms with Crippen LogP contribution in [0.25, 0.3) is 0 Å². The second-order valence-corrected chi connectivity index (χ2v) is 5.03. The Morgan fingerprint density at radius 2 is 1.85 bits per heavy atom. The Hall–Kier alpha value is -1.96. The van der Waals surface area contributed by atoms with Crippen LogP contribution < -0.4 is 4.74 Å². The number of ether oxygens (including phenoxy) is 1. The summed E-state index contributed by atoms with van der Waals surface area (Å²) < 4.78 is 5.16. The van der Waals surface area contributed by atoms with Crippen LogP contribution in [0, 0.1) is 0 Å². The first kappa shape index (κ1) is 14.4. The maximum atomic E-state index is 10.3. The zero-order chi connectivity index (χ0) is 14.4. The SMILES string of the molecule is CCCCC(c1ccccc1)c1ccc(OC)cc1O. The highest BCUT2D eigenvalue weighted by atomic mass is 16.5. The minimum Gasteiger partial charge on any atom is -0.508 e. The zero-order valence-electron chi connectivity index (χ0n) is 12.2. The van der Waals surface area contributed by atoms with E-state index in [2.05, 4.69) is 31.2 Å². The first-order valence-corrected chi connectivity index (χ1v) is 7.18. The number of rotatable bonds is 6. The summed E-state index contributed by atoms with van der Waals surface area (Å²) in [5.41, 5.74) is 2.23. The molecule has 2 aromatic rings. The third-order valence-electron chi connectivity index (χ3n) is 3.66. The van der Waals surface area contributed by atoms with Crippen molar-refractivity contribution in [1.82, 2.24) is 0 Å². The minimum absolute atomic E-state index is 0.238. The van der Waals surface area contributed by atoms with Gasteiger partial charge in [-0.1, -0.05) is 56.2 Å². The van der Waals surface area contributed by atoms with E-state index in [9.17, 15) is 5.11 Å². The van der Waals surface area contributed by atoms with E-state index in [-0.39, 0.29) is 5.92 Å². The first-order valence-electron chi connectivity index (χ1n) is 7.18. The van der Waals surface area contributed by atoms with Crippen molar-refractivity contribution < 1.29 is 9.84 Å². The normalized spacial score (nSPS) is 12.1. The molecule has 0 aliphatic carbocycles. The van der Waals surface area contributed by atoms with Gasteiger partial charge in [-0.05, 0) is 18.1 Å². The van der Waals surface area contributed by atoms with Crippen molar-refractivity contribution in [1.29, 1.82) is 0 Å². The van der Waals surface area contributed by atoms with Crippen LogP contribution in [-0.2, 0) is 0 Å². The highest BCUT2D eigenvalue weighted by molar-refractivity contribution is 5.45. The summed E-state index contributed by atoms with van der Waals surface area (Å²) in [7, 11) is 1.61. The second kappa shape index (κ2) is 6.99.